The molecule has 1 fully saturated rings. The molecule has 0 aromatic heterocycles. The number of ether oxygens (including phenoxy) is 1. The van der Waals surface area contributed by atoms with Gasteiger partial charge in [-0.3, -0.25) is 14.9 Å². The summed E-state index contributed by atoms with van der Waals surface area (Å²) in [5.41, 5.74) is 1.11. The Labute approximate surface area is 115 Å². The average molecular weight is 275 g/mol. The van der Waals surface area contributed by atoms with Gasteiger partial charge in [0.05, 0.1) is 7.11 Å². The summed E-state index contributed by atoms with van der Waals surface area (Å²) in [7, 11) is 1.57. The van der Waals surface area contributed by atoms with E-state index in [1.54, 1.807) is 37.5 Å². The Kier molecular flexibility index (Phi) is 3.99. The van der Waals surface area contributed by atoms with Crippen molar-refractivity contribution < 1.29 is 19.4 Å². The maximum Gasteiger partial charge on any atom is 0.325 e. The van der Waals surface area contributed by atoms with E-state index in [0.717, 1.165) is 11.3 Å². The first-order valence-corrected chi connectivity index (χ1v) is 5.79. The first-order valence-electron chi connectivity index (χ1n) is 5.79. The summed E-state index contributed by atoms with van der Waals surface area (Å²) >= 11 is 0. The molecule has 1 aliphatic rings. The summed E-state index contributed by atoms with van der Waals surface area (Å²) in [6.07, 6.45) is 1.64. The predicted molar refractivity (Wildman–Crippen MR) is 72.2 cm³/mol. The molecule has 0 aliphatic carbocycles. The number of carbonyl (C=O) groups excluding carboxylic acids is 1. The Morgan fingerprint density at radius 3 is 2.65 bits per heavy atom. The third-order valence-corrected chi connectivity index (χ3v) is 2.53. The van der Waals surface area contributed by atoms with Gasteiger partial charge in [0.25, 0.3) is 5.91 Å². The number of hydrogen-bond acceptors (Lipinski definition) is 4. The van der Waals surface area contributed by atoms with Crippen LogP contribution in [0.1, 0.15) is 5.56 Å². The number of rotatable bonds is 4. The fourth-order valence-corrected chi connectivity index (χ4v) is 1.58. The molecule has 3 N–H and O–H groups in total. The summed E-state index contributed by atoms with van der Waals surface area (Å²) in [6, 6.07) is 7.15. The number of methoxy groups -OCH3 is 1. The second-order valence-electron chi connectivity index (χ2n) is 3.97. The number of guanidine groups is 1. The van der Waals surface area contributed by atoms with Gasteiger partial charge < -0.3 is 15.2 Å². The number of benzene rings is 1. The zero-order valence-corrected chi connectivity index (χ0v) is 10.7. The number of nitrogens with zero attached hydrogens (tertiary/aromatic N) is 1. The monoisotopic (exact) mass is 275 g/mol. The number of aliphatic imine (C=N–C) groups is 1. The summed E-state index contributed by atoms with van der Waals surface area (Å²) in [6.45, 7) is -0.404. The lowest BCUT2D eigenvalue weighted by atomic mass is 10.2. The smallest absolute Gasteiger partial charge is 0.325 e. The quantitative estimate of drug-likeness (QED) is 0.681. The molecule has 0 radical (unpaired) electrons. The highest BCUT2D eigenvalue weighted by atomic mass is 16.5. The van der Waals surface area contributed by atoms with Crippen molar-refractivity contribution in [2.24, 2.45) is 4.99 Å². The van der Waals surface area contributed by atoms with Crippen LogP contribution in [0.5, 0.6) is 5.75 Å². The lowest BCUT2D eigenvalue weighted by molar-refractivity contribution is -0.135. The van der Waals surface area contributed by atoms with Crippen LogP contribution in [-0.2, 0) is 9.59 Å². The van der Waals surface area contributed by atoms with Crippen LogP contribution in [0.3, 0.4) is 0 Å². The topological polar surface area (TPSA) is 100 Å². The van der Waals surface area contributed by atoms with Crippen molar-refractivity contribution in [1.29, 1.82) is 0 Å². The van der Waals surface area contributed by atoms with E-state index in [1.807, 2.05) is 0 Å². The molecule has 2 rings (SSSR count). The molecule has 1 aliphatic heterocycles. The lowest BCUT2D eigenvalue weighted by Gasteiger charge is -2.00. The van der Waals surface area contributed by atoms with E-state index >= 15 is 0 Å². The van der Waals surface area contributed by atoms with Gasteiger partial charge in [0.15, 0.2) is 0 Å². The number of aliphatic carboxylic acids is 1. The normalized spacial score (nSPS) is 17.9. The number of hydrogen-bond donors (Lipinski definition) is 3. The van der Waals surface area contributed by atoms with Crippen molar-refractivity contribution in [1.82, 2.24) is 10.6 Å². The molecule has 104 valence electrons. The SMILES string of the molecule is COc1ccc(/C=C2\NC(=NCC(=O)O)NC2=O)cc1. The van der Waals surface area contributed by atoms with Gasteiger partial charge in [0, 0.05) is 0 Å². The molecule has 1 saturated heterocycles. The molecular formula is C13H13N3O4. The summed E-state index contributed by atoms with van der Waals surface area (Å²) < 4.78 is 5.04. The van der Waals surface area contributed by atoms with Gasteiger partial charge in [-0.25, -0.2) is 4.99 Å². The Morgan fingerprint density at radius 2 is 2.05 bits per heavy atom. The second kappa shape index (κ2) is 5.87. The minimum atomic E-state index is -1.07. The van der Waals surface area contributed by atoms with Crippen LogP contribution in [0.2, 0.25) is 0 Å². The van der Waals surface area contributed by atoms with Gasteiger partial charge in [0.2, 0.25) is 5.96 Å². The van der Waals surface area contributed by atoms with E-state index in [2.05, 4.69) is 15.6 Å². The lowest BCUT2D eigenvalue weighted by Crippen LogP contribution is -2.26. The van der Waals surface area contributed by atoms with Gasteiger partial charge >= 0.3 is 5.97 Å². The summed E-state index contributed by atoms with van der Waals surface area (Å²) in [5, 5.41) is 13.7. The molecule has 20 heavy (non-hydrogen) atoms. The van der Waals surface area contributed by atoms with Crippen LogP contribution in [-0.4, -0.2) is 36.6 Å². The van der Waals surface area contributed by atoms with Gasteiger partial charge in [-0.1, -0.05) is 12.1 Å². The highest BCUT2D eigenvalue weighted by Gasteiger charge is 2.21. The second-order valence-corrected chi connectivity index (χ2v) is 3.97. The standard InChI is InChI=1S/C13H13N3O4/c1-20-9-4-2-8(3-5-9)6-10-12(19)16-13(15-10)14-7-11(17)18/h2-6H,7H2,1H3,(H,17,18)(H2,14,15,16,19)/b10-6-. The fraction of sp³-hybridized carbons (Fsp3) is 0.154. The Balaban J connectivity index is 2.12. The third-order valence-electron chi connectivity index (χ3n) is 2.53. The van der Waals surface area contributed by atoms with E-state index < -0.39 is 12.5 Å². The average Bonchev–Trinajstić information content (AvgIpc) is 2.78. The van der Waals surface area contributed by atoms with Crippen LogP contribution in [0.4, 0.5) is 0 Å². The zero-order valence-electron chi connectivity index (χ0n) is 10.7. The number of carboxylic acid groups (broad SMARTS) is 1. The van der Waals surface area contributed by atoms with E-state index in [9.17, 15) is 9.59 Å². The minimum Gasteiger partial charge on any atom is -0.497 e. The van der Waals surface area contributed by atoms with Crippen LogP contribution < -0.4 is 15.4 Å². The van der Waals surface area contributed by atoms with Gasteiger partial charge in [-0.05, 0) is 23.8 Å². The first kappa shape index (κ1) is 13.6. The van der Waals surface area contributed by atoms with E-state index in [4.69, 9.17) is 9.84 Å². The van der Waals surface area contributed by atoms with E-state index in [1.165, 1.54) is 0 Å². The number of amides is 1. The van der Waals surface area contributed by atoms with E-state index in [-0.39, 0.29) is 11.9 Å². The van der Waals surface area contributed by atoms with Crippen LogP contribution in [0.15, 0.2) is 35.0 Å². The van der Waals surface area contributed by atoms with Crippen LogP contribution >= 0.6 is 0 Å². The van der Waals surface area contributed by atoms with Crippen LogP contribution in [0.25, 0.3) is 6.08 Å². The molecule has 1 aromatic carbocycles. The zero-order chi connectivity index (χ0) is 14.5. The molecule has 1 heterocycles. The van der Waals surface area contributed by atoms with Gasteiger partial charge in [-0.2, -0.15) is 0 Å². The maximum absolute atomic E-state index is 11.7. The van der Waals surface area contributed by atoms with Crippen LogP contribution in [0, 0.1) is 0 Å². The Hall–Kier alpha value is -2.83. The molecular weight excluding hydrogens is 262 g/mol. The molecule has 1 aromatic rings. The molecule has 1 amide bonds. The van der Waals surface area contributed by atoms with E-state index in [0.29, 0.717) is 5.70 Å². The van der Waals surface area contributed by atoms with Crippen molar-refractivity contribution in [2.45, 2.75) is 0 Å². The predicted octanol–water partition coefficient (Wildman–Crippen LogP) is 0.196. The highest BCUT2D eigenvalue weighted by Crippen LogP contribution is 2.14. The number of carbonyl (C=O) groups is 2. The third kappa shape index (κ3) is 3.35. The highest BCUT2D eigenvalue weighted by molar-refractivity contribution is 6.15. The minimum absolute atomic E-state index is 0.136. The molecule has 0 saturated carbocycles. The van der Waals surface area contributed by atoms with Crippen molar-refractivity contribution in [2.75, 3.05) is 13.7 Å². The molecule has 7 heteroatoms. The first-order chi connectivity index (χ1) is 9.58. The van der Waals surface area contributed by atoms with Gasteiger partial charge in [-0.15, -0.1) is 0 Å². The molecule has 0 unspecified atom stereocenters. The number of nitrogens with one attached hydrogen (secondary N) is 2. The fourth-order valence-electron chi connectivity index (χ4n) is 1.58. The molecule has 7 nitrogen and oxygen atoms in total. The summed E-state index contributed by atoms with van der Waals surface area (Å²) in [4.78, 5) is 25.8. The maximum atomic E-state index is 11.7. The number of carboxylic acids is 1. The van der Waals surface area contributed by atoms with Crippen molar-refractivity contribution in [3.8, 4) is 5.75 Å². The van der Waals surface area contributed by atoms with Gasteiger partial charge in [0.1, 0.15) is 18.0 Å². The Bertz CT molecular complexity index is 590. The molecule has 0 atom stereocenters. The van der Waals surface area contributed by atoms with Crippen molar-refractivity contribution >= 4 is 23.9 Å². The summed E-state index contributed by atoms with van der Waals surface area (Å²) in [5.74, 6) is -0.567. The largest absolute Gasteiger partial charge is 0.497 e. The molecule has 0 bridgehead atoms. The van der Waals surface area contributed by atoms with Crippen molar-refractivity contribution in [3.05, 3.63) is 35.5 Å². The van der Waals surface area contributed by atoms with Crippen molar-refractivity contribution in [3.63, 3.8) is 0 Å². The Morgan fingerprint density at radius 1 is 1.35 bits per heavy atom. The molecule has 0 spiro atoms.